The molecule has 32 heavy (non-hydrogen) atoms. The fraction of sp³-hybridized carbons (Fsp3) is 0.478. The lowest BCUT2D eigenvalue weighted by atomic mass is 9.86. The molecule has 1 aliphatic rings. The molecule has 174 valence electrons. The number of piperidine rings is 1. The SMILES string of the molecule is CC(C)(CCCOc1ccccc1F)C(=O)NC1CCN(S(=O)(=O)c2cccnc2)CC1. The topological polar surface area (TPSA) is 88.6 Å². The Labute approximate surface area is 189 Å². The average molecular weight is 464 g/mol. The monoisotopic (exact) mass is 463 g/mol. The highest BCUT2D eigenvalue weighted by molar-refractivity contribution is 7.89. The van der Waals surface area contributed by atoms with Crippen molar-refractivity contribution in [3.63, 3.8) is 0 Å². The number of ether oxygens (including phenoxy) is 1. The Morgan fingerprint density at radius 3 is 2.59 bits per heavy atom. The summed E-state index contributed by atoms with van der Waals surface area (Å²) in [5, 5.41) is 3.07. The van der Waals surface area contributed by atoms with E-state index in [9.17, 15) is 17.6 Å². The third kappa shape index (κ3) is 6.04. The maximum Gasteiger partial charge on any atom is 0.244 e. The first-order valence-corrected chi connectivity index (χ1v) is 12.2. The van der Waals surface area contributed by atoms with Crippen LogP contribution in [0.5, 0.6) is 5.75 Å². The van der Waals surface area contributed by atoms with Gasteiger partial charge in [0, 0.05) is 36.9 Å². The van der Waals surface area contributed by atoms with E-state index in [1.54, 1.807) is 24.3 Å². The summed E-state index contributed by atoms with van der Waals surface area (Å²) in [6.45, 7) is 4.75. The van der Waals surface area contributed by atoms with Crippen LogP contribution in [0.2, 0.25) is 0 Å². The van der Waals surface area contributed by atoms with Crippen LogP contribution in [-0.4, -0.2) is 49.4 Å². The van der Waals surface area contributed by atoms with Crippen LogP contribution in [-0.2, 0) is 14.8 Å². The number of carbonyl (C=O) groups excluding carboxylic acids is 1. The lowest BCUT2D eigenvalue weighted by Crippen LogP contribution is -2.49. The predicted octanol–water partition coefficient (Wildman–Crippen LogP) is 3.38. The molecule has 3 rings (SSSR count). The highest BCUT2D eigenvalue weighted by atomic mass is 32.2. The van der Waals surface area contributed by atoms with Crippen molar-refractivity contribution >= 4 is 15.9 Å². The molecule has 9 heteroatoms. The third-order valence-corrected chi connectivity index (χ3v) is 7.60. The van der Waals surface area contributed by atoms with Gasteiger partial charge in [-0.05, 0) is 49.9 Å². The number of amides is 1. The number of nitrogens with one attached hydrogen (secondary N) is 1. The first-order valence-electron chi connectivity index (χ1n) is 10.8. The molecule has 0 unspecified atom stereocenters. The fourth-order valence-electron chi connectivity index (χ4n) is 3.64. The van der Waals surface area contributed by atoms with Gasteiger partial charge in [0.05, 0.1) is 6.61 Å². The maximum atomic E-state index is 13.6. The van der Waals surface area contributed by atoms with E-state index in [1.807, 2.05) is 13.8 Å². The third-order valence-electron chi connectivity index (χ3n) is 5.72. The van der Waals surface area contributed by atoms with Crippen LogP contribution in [0.3, 0.4) is 0 Å². The molecule has 1 aromatic heterocycles. The summed E-state index contributed by atoms with van der Waals surface area (Å²) in [5.74, 6) is -0.263. The number of benzene rings is 1. The molecule has 1 saturated heterocycles. The molecule has 1 N–H and O–H groups in total. The van der Waals surface area contributed by atoms with Crippen LogP contribution in [0, 0.1) is 11.2 Å². The molecule has 0 radical (unpaired) electrons. The van der Waals surface area contributed by atoms with Gasteiger partial charge in [0.1, 0.15) is 4.90 Å². The van der Waals surface area contributed by atoms with E-state index in [0.29, 0.717) is 45.4 Å². The number of pyridine rings is 1. The molecular formula is C23H30FN3O4S. The van der Waals surface area contributed by atoms with E-state index in [-0.39, 0.29) is 22.6 Å². The van der Waals surface area contributed by atoms with Gasteiger partial charge in [-0.15, -0.1) is 0 Å². The van der Waals surface area contributed by atoms with Gasteiger partial charge in [-0.1, -0.05) is 26.0 Å². The normalized spacial score (nSPS) is 16.0. The molecule has 7 nitrogen and oxygen atoms in total. The van der Waals surface area contributed by atoms with Crippen LogP contribution >= 0.6 is 0 Å². The van der Waals surface area contributed by atoms with Gasteiger partial charge < -0.3 is 10.1 Å². The summed E-state index contributed by atoms with van der Waals surface area (Å²) in [6, 6.07) is 9.31. The second-order valence-electron chi connectivity index (χ2n) is 8.61. The Hall–Kier alpha value is -2.52. The van der Waals surface area contributed by atoms with Gasteiger partial charge in [0.15, 0.2) is 11.6 Å². The molecule has 1 fully saturated rings. The quantitative estimate of drug-likeness (QED) is 0.576. The maximum absolute atomic E-state index is 13.6. The van der Waals surface area contributed by atoms with Crippen LogP contribution in [0.15, 0.2) is 53.7 Å². The lowest BCUT2D eigenvalue weighted by Gasteiger charge is -2.33. The number of hydrogen-bond acceptors (Lipinski definition) is 5. The van der Waals surface area contributed by atoms with E-state index in [0.717, 1.165) is 0 Å². The van der Waals surface area contributed by atoms with Gasteiger partial charge in [0.2, 0.25) is 15.9 Å². The molecule has 1 amide bonds. The van der Waals surface area contributed by atoms with E-state index < -0.39 is 21.3 Å². The van der Waals surface area contributed by atoms with Gasteiger partial charge in [-0.25, -0.2) is 12.8 Å². The van der Waals surface area contributed by atoms with Crippen molar-refractivity contribution in [3.05, 3.63) is 54.6 Å². The van der Waals surface area contributed by atoms with Crippen LogP contribution in [0.25, 0.3) is 0 Å². The summed E-state index contributed by atoms with van der Waals surface area (Å²) in [4.78, 5) is 16.9. The second kappa shape index (κ2) is 10.4. The number of halogens is 1. The Morgan fingerprint density at radius 1 is 1.22 bits per heavy atom. The minimum Gasteiger partial charge on any atom is -0.491 e. The van der Waals surface area contributed by atoms with Gasteiger partial charge in [0.25, 0.3) is 0 Å². The summed E-state index contributed by atoms with van der Waals surface area (Å²) in [6.07, 6.45) is 5.18. The largest absolute Gasteiger partial charge is 0.491 e. The van der Waals surface area contributed by atoms with Crippen molar-refractivity contribution in [1.82, 2.24) is 14.6 Å². The molecule has 0 bridgehead atoms. The number of rotatable bonds is 9. The predicted molar refractivity (Wildman–Crippen MR) is 119 cm³/mol. The molecule has 1 aliphatic heterocycles. The van der Waals surface area contributed by atoms with Crippen molar-refractivity contribution in [2.75, 3.05) is 19.7 Å². The standard InChI is InChI=1S/C23H30FN3O4S/c1-23(2,12-6-16-31-21-9-4-3-8-20(21)24)22(28)26-18-10-14-27(15-11-18)32(29,30)19-7-5-13-25-17-19/h3-5,7-9,13,17-18H,6,10-12,14-16H2,1-2H3,(H,26,28). The van der Waals surface area contributed by atoms with Gasteiger partial charge in [-0.3, -0.25) is 9.78 Å². The highest BCUT2D eigenvalue weighted by Crippen LogP contribution is 2.25. The molecule has 2 heterocycles. The lowest BCUT2D eigenvalue weighted by molar-refractivity contribution is -0.130. The van der Waals surface area contributed by atoms with E-state index in [1.165, 1.54) is 28.8 Å². The average Bonchev–Trinajstić information content (AvgIpc) is 2.79. The summed E-state index contributed by atoms with van der Waals surface area (Å²) in [5.41, 5.74) is -0.614. The van der Waals surface area contributed by atoms with Crippen molar-refractivity contribution in [2.45, 2.75) is 50.5 Å². The Kier molecular flexibility index (Phi) is 7.84. The Balaban J connectivity index is 1.44. The molecule has 0 aliphatic carbocycles. The summed E-state index contributed by atoms with van der Waals surface area (Å²) in [7, 11) is -3.57. The van der Waals surface area contributed by atoms with Crippen molar-refractivity contribution < 1.29 is 22.3 Å². The minimum atomic E-state index is -3.57. The number of aromatic nitrogens is 1. The van der Waals surface area contributed by atoms with Gasteiger partial charge >= 0.3 is 0 Å². The van der Waals surface area contributed by atoms with E-state index >= 15 is 0 Å². The smallest absolute Gasteiger partial charge is 0.244 e. The zero-order chi connectivity index (χ0) is 23.2. The minimum absolute atomic E-state index is 0.0723. The Bertz CT molecular complexity index is 1010. The molecule has 1 aromatic carbocycles. The highest BCUT2D eigenvalue weighted by Gasteiger charge is 2.33. The molecule has 2 aromatic rings. The van der Waals surface area contributed by atoms with Crippen molar-refractivity contribution in [2.24, 2.45) is 5.41 Å². The van der Waals surface area contributed by atoms with Gasteiger partial charge in [-0.2, -0.15) is 4.31 Å². The second-order valence-corrected chi connectivity index (χ2v) is 10.5. The number of carbonyl (C=O) groups is 1. The molecule has 0 saturated carbocycles. The molecule has 0 spiro atoms. The number of sulfonamides is 1. The van der Waals surface area contributed by atoms with Crippen LogP contribution in [0.1, 0.15) is 39.5 Å². The molecular weight excluding hydrogens is 433 g/mol. The van der Waals surface area contributed by atoms with E-state index in [4.69, 9.17) is 4.74 Å². The molecule has 0 atom stereocenters. The first-order chi connectivity index (χ1) is 15.2. The zero-order valence-electron chi connectivity index (χ0n) is 18.5. The first kappa shape index (κ1) is 24.1. The zero-order valence-corrected chi connectivity index (χ0v) is 19.3. The fourth-order valence-corrected chi connectivity index (χ4v) is 5.08. The summed E-state index contributed by atoms with van der Waals surface area (Å²) < 4.78 is 45.9. The Morgan fingerprint density at radius 2 is 1.94 bits per heavy atom. The van der Waals surface area contributed by atoms with Crippen molar-refractivity contribution in [1.29, 1.82) is 0 Å². The van der Waals surface area contributed by atoms with Crippen LogP contribution in [0.4, 0.5) is 4.39 Å². The number of nitrogens with zero attached hydrogens (tertiary/aromatic N) is 2. The van der Waals surface area contributed by atoms with E-state index in [2.05, 4.69) is 10.3 Å². The summed E-state index contributed by atoms with van der Waals surface area (Å²) >= 11 is 0. The number of hydrogen-bond donors (Lipinski definition) is 1. The van der Waals surface area contributed by atoms with Crippen LogP contribution < -0.4 is 10.1 Å². The number of para-hydroxylation sites is 1. The van der Waals surface area contributed by atoms with Crippen molar-refractivity contribution in [3.8, 4) is 5.75 Å².